The first-order chi connectivity index (χ1) is 20.6. The fourth-order valence-electron chi connectivity index (χ4n) is 5.28. The summed E-state index contributed by atoms with van der Waals surface area (Å²) in [6.07, 6.45) is 1.70. The summed E-state index contributed by atoms with van der Waals surface area (Å²) in [5.41, 5.74) is 2.95. The summed E-state index contributed by atoms with van der Waals surface area (Å²) in [5.74, 6) is -5.07. The minimum absolute atomic E-state index is 0.0201. The first-order valence-corrected chi connectivity index (χ1v) is 14.6. The van der Waals surface area contributed by atoms with Crippen molar-refractivity contribution >= 4 is 29.6 Å². The average molecular weight is 592 g/mol. The number of carbonyl (C=O) groups excluding carboxylic acids is 5. The van der Waals surface area contributed by atoms with Crippen molar-refractivity contribution in [2.75, 3.05) is 13.7 Å². The highest BCUT2D eigenvalue weighted by Crippen LogP contribution is 2.31. The molecule has 0 unspecified atom stereocenters. The standard InChI is InChI=1S/C34H41NO8/c1-5-15-42-34(40)28(22(2)3)20-29(36)32(26-16-24-13-9-10-14-25(24)17-26)35-33(39)27(18-30(37)41-4)19-31(38)43-21-23-11-7-6-8-12-23/h5-14,22,26-28,32H,1,15-21H2,2-4H3,(H,35,39)/t27-,28+,32+/m1/s1. The number of Topliss-reactive ketones (excluding diaryl/α,β-unsaturated/α-hetero) is 1. The van der Waals surface area contributed by atoms with Crippen molar-refractivity contribution in [2.45, 2.75) is 58.6 Å². The average Bonchev–Trinajstić information content (AvgIpc) is 3.44. The monoisotopic (exact) mass is 591 g/mol. The Morgan fingerprint density at radius 2 is 1.49 bits per heavy atom. The van der Waals surface area contributed by atoms with E-state index in [1.807, 2.05) is 56.3 Å². The number of methoxy groups -OCH3 is 1. The molecule has 3 atom stereocenters. The molecular weight excluding hydrogens is 550 g/mol. The van der Waals surface area contributed by atoms with Gasteiger partial charge in [-0.1, -0.05) is 81.1 Å². The molecule has 0 aromatic heterocycles. The van der Waals surface area contributed by atoms with Crippen LogP contribution in [0.4, 0.5) is 0 Å². The first-order valence-electron chi connectivity index (χ1n) is 14.6. The SMILES string of the molecule is C=CCOC(=O)[C@@H](CC(=O)[C@@H](NC(=O)[C@H](CC(=O)OC)CC(=O)OCc1ccccc1)C1Cc2ccccc2C1)C(C)C. The van der Waals surface area contributed by atoms with Gasteiger partial charge in [-0.3, -0.25) is 24.0 Å². The van der Waals surface area contributed by atoms with Crippen LogP contribution in [0.25, 0.3) is 0 Å². The van der Waals surface area contributed by atoms with E-state index in [0.29, 0.717) is 12.8 Å². The summed E-state index contributed by atoms with van der Waals surface area (Å²) in [5, 5.41) is 2.86. The van der Waals surface area contributed by atoms with E-state index in [1.165, 1.54) is 13.2 Å². The van der Waals surface area contributed by atoms with E-state index in [0.717, 1.165) is 16.7 Å². The highest BCUT2D eigenvalue weighted by Gasteiger charge is 2.39. The van der Waals surface area contributed by atoms with Gasteiger partial charge in [0.05, 0.1) is 37.8 Å². The van der Waals surface area contributed by atoms with Gasteiger partial charge in [0.2, 0.25) is 5.91 Å². The Bertz CT molecular complexity index is 1260. The number of hydrogen-bond donors (Lipinski definition) is 1. The number of ether oxygens (including phenoxy) is 3. The molecule has 3 rings (SSSR count). The zero-order valence-electron chi connectivity index (χ0n) is 25.1. The zero-order chi connectivity index (χ0) is 31.4. The van der Waals surface area contributed by atoms with Crippen LogP contribution in [0, 0.1) is 23.7 Å². The number of benzene rings is 2. The van der Waals surface area contributed by atoms with E-state index in [4.69, 9.17) is 14.2 Å². The molecule has 1 N–H and O–H groups in total. The third-order valence-electron chi connectivity index (χ3n) is 7.74. The molecule has 0 bridgehead atoms. The van der Waals surface area contributed by atoms with Gasteiger partial charge in [0.25, 0.3) is 0 Å². The zero-order valence-corrected chi connectivity index (χ0v) is 25.1. The van der Waals surface area contributed by atoms with Crippen LogP contribution in [0.5, 0.6) is 0 Å². The van der Waals surface area contributed by atoms with Crippen LogP contribution in [0.2, 0.25) is 0 Å². The van der Waals surface area contributed by atoms with Gasteiger partial charge < -0.3 is 19.5 Å². The summed E-state index contributed by atoms with van der Waals surface area (Å²) in [7, 11) is 1.20. The first kappa shape index (κ1) is 33.2. The molecule has 230 valence electrons. The van der Waals surface area contributed by atoms with Crippen molar-refractivity contribution in [3.05, 3.63) is 83.9 Å². The van der Waals surface area contributed by atoms with E-state index in [9.17, 15) is 24.0 Å². The van der Waals surface area contributed by atoms with E-state index < -0.39 is 41.7 Å². The number of ketones is 1. The number of carbonyl (C=O) groups is 5. The molecule has 9 heteroatoms. The fraction of sp³-hybridized carbons (Fsp3) is 0.441. The highest BCUT2D eigenvalue weighted by atomic mass is 16.5. The Morgan fingerprint density at radius 1 is 0.884 bits per heavy atom. The van der Waals surface area contributed by atoms with Crippen molar-refractivity contribution in [1.82, 2.24) is 5.32 Å². The Hall–Kier alpha value is -4.27. The van der Waals surface area contributed by atoms with Gasteiger partial charge in [-0.15, -0.1) is 0 Å². The van der Waals surface area contributed by atoms with Crippen molar-refractivity contribution in [3.8, 4) is 0 Å². The summed E-state index contributed by atoms with van der Waals surface area (Å²) in [6, 6.07) is 16.0. The van der Waals surface area contributed by atoms with Crippen LogP contribution < -0.4 is 5.32 Å². The molecule has 2 aromatic carbocycles. The van der Waals surface area contributed by atoms with Crippen LogP contribution >= 0.6 is 0 Å². The Morgan fingerprint density at radius 3 is 2.07 bits per heavy atom. The van der Waals surface area contributed by atoms with E-state index in [2.05, 4.69) is 11.9 Å². The van der Waals surface area contributed by atoms with Gasteiger partial charge in [-0.2, -0.15) is 0 Å². The number of amides is 1. The maximum atomic E-state index is 13.9. The molecule has 0 radical (unpaired) electrons. The molecule has 0 heterocycles. The minimum atomic E-state index is -1.12. The Kier molecular flexibility index (Phi) is 12.7. The number of nitrogens with one attached hydrogen (secondary N) is 1. The predicted molar refractivity (Wildman–Crippen MR) is 159 cm³/mol. The Balaban J connectivity index is 1.80. The highest BCUT2D eigenvalue weighted by molar-refractivity contribution is 5.94. The lowest BCUT2D eigenvalue weighted by atomic mass is 9.84. The second-order valence-corrected chi connectivity index (χ2v) is 11.2. The van der Waals surface area contributed by atoms with Gasteiger partial charge in [0.15, 0.2) is 5.78 Å². The number of esters is 3. The number of rotatable bonds is 16. The molecule has 9 nitrogen and oxygen atoms in total. The molecule has 1 aliphatic rings. The molecule has 0 spiro atoms. The molecule has 1 amide bonds. The maximum absolute atomic E-state index is 13.9. The molecular formula is C34H41NO8. The maximum Gasteiger partial charge on any atom is 0.309 e. The molecule has 0 fully saturated rings. The van der Waals surface area contributed by atoms with Crippen molar-refractivity contribution in [2.24, 2.45) is 23.7 Å². The molecule has 2 aromatic rings. The molecule has 43 heavy (non-hydrogen) atoms. The van der Waals surface area contributed by atoms with E-state index in [1.54, 1.807) is 12.1 Å². The normalized spacial score (nSPS) is 14.6. The van der Waals surface area contributed by atoms with Gasteiger partial charge in [0, 0.05) is 6.42 Å². The summed E-state index contributed by atoms with van der Waals surface area (Å²) < 4.78 is 15.4. The second kappa shape index (κ2) is 16.4. The van der Waals surface area contributed by atoms with Crippen molar-refractivity contribution in [3.63, 3.8) is 0 Å². The van der Waals surface area contributed by atoms with Crippen molar-refractivity contribution in [1.29, 1.82) is 0 Å². The lowest BCUT2D eigenvalue weighted by molar-refractivity contribution is -0.152. The lowest BCUT2D eigenvalue weighted by Gasteiger charge is -2.28. The van der Waals surface area contributed by atoms with Gasteiger partial charge in [-0.05, 0) is 41.4 Å². The molecule has 0 saturated carbocycles. The van der Waals surface area contributed by atoms with Crippen LogP contribution in [0.1, 0.15) is 49.8 Å². The number of hydrogen-bond acceptors (Lipinski definition) is 8. The van der Waals surface area contributed by atoms with Crippen LogP contribution in [0.3, 0.4) is 0 Å². The van der Waals surface area contributed by atoms with Crippen molar-refractivity contribution < 1.29 is 38.2 Å². The minimum Gasteiger partial charge on any atom is -0.469 e. The van der Waals surface area contributed by atoms with E-state index >= 15 is 0 Å². The third kappa shape index (κ3) is 9.91. The van der Waals surface area contributed by atoms with Crippen LogP contribution in [0.15, 0.2) is 67.3 Å². The van der Waals surface area contributed by atoms with Gasteiger partial charge >= 0.3 is 17.9 Å². The second-order valence-electron chi connectivity index (χ2n) is 11.2. The largest absolute Gasteiger partial charge is 0.469 e. The van der Waals surface area contributed by atoms with E-state index in [-0.39, 0.29) is 50.1 Å². The lowest BCUT2D eigenvalue weighted by Crippen LogP contribution is -2.50. The van der Waals surface area contributed by atoms with Crippen LogP contribution in [-0.2, 0) is 57.6 Å². The predicted octanol–water partition coefficient (Wildman–Crippen LogP) is 4.16. The Labute approximate surface area is 253 Å². The van der Waals surface area contributed by atoms with Gasteiger partial charge in [-0.25, -0.2) is 0 Å². The molecule has 0 saturated heterocycles. The van der Waals surface area contributed by atoms with Crippen LogP contribution in [-0.4, -0.2) is 49.4 Å². The quantitative estimate of drug-likeness (QED) is 0.175. The third-order valence-corrected chi connectivity index (χ3v) is 7.74. The smallest absolute Gasteiger partial charge is 0.309 e. The molecule has 0 aliphatic heterocycles. The fourth-order valence-corrected chi connectivity index (χ4v) is 5.28. The topological polar surface area (TPSA) is 125 Å². The van der Waals surface area contributed by atoms with Gasteiger partial charge in [0.1, 0.15) is 13.2 Å². The summed E-state index contributed by atoms with van der Waals surface area (Å²) in [4.78, 5) is 65.2. The number of fused-ring (bicyclic) bond motifs is 1. The summed E-state index contributed by atoms with van der Waals surface area (Å²) in [6.45, 7) is 7.28. The summed E-state index contributed by atoms with van der Waals surface area (Å²) >= 11 is 0. The molecule has 1 aliphatic carbocycles.